The van der Waals surface area contributed by atoms with Crippen molar-refractivity contribution in [1.29, 1.82) is 0 Å². The van der Waals surface area contributed by atoms with E-state index in [0.717, 1.165) is 24.8 Å². The first-order valence-electron chi connectivity index (χ1n) is 10.3. The smallest absolute Gasteiger partial charge is 0.230 e. The molecule has 1 atom stereocenters. The maximum absolute atomic E-state index is 14.3. The fourth-order valence-corrected chi connectivity index (χ4v) is 4.22. The molecule has 3 aromatic rings. The topological polar surface area (TPSA) is 59.8 Å². The molecule has 0 saturated heterocycles. The number of nitrogens with one attached hydrogen (secondary N) is 1. The molecular formula is C23H25FN4OS. The number of carbonyl (C=O) groups excluding carboxylic acids is 1. The Labute approximate surface area is 180 Å². The average Bonchev–Trinajstić information content (AvgIpc) is 3.52. The van der Waals surface area contributed by atoms with E-state index in [1.54, 1.807) is 18.2 Å². The van der Waals surface area contributed by atoms with Crippen LogP contribution in [0.2, 0.25) is 0 Å². The molecule has 1 aliphatic carbocycles. The highest BCUT2D eigenvalue weighted by Crippen LogP contribution is 2.41. The molecule has 1 N–H and O–H groups in total. The summed E-state index contributed by atoms with van der Waals surface area (Å²) in [6.45, 7) is 4.10. The standard InChI is InChI=1S/C23H25FN4OS/c1-3-16-8-10-17(11-9-16)15(2)25-21(29)14-30-23-27-26-22(28(23)18-12-13-18)19-6-4-5-7-20(19)24/h4-11,15,18H,3,12-14H2,1-2H3,(H,25,29)/t15-/m0/s1. The van der Waals surface area contributed by atoms with Gasteiger partial charge in [-0.25, -0.2) is 4.39 Å². The third-order valence-electron chi connectivity index (χ3n) is 5.29. The summed E-state index contributed by atoms with van der Waals surface area (Å²) in [6.07, 6.45) is 3.03. The normalized spacial score (nSPS) is 14.5. The molecule has 4 rings (SSSR count). The Morgan fingerprint density at radius 2 is 1.93 bits per heavy atom. The van der Waals surface area contributed by atoms with E-state index in [9.17, 15) is 9.18 Å². The first-order valence-corrected chi connectivity index (χ1v) is 11.3. The molecule has 30 heavy (non-hydrogen) atoms. The van der Waals surface area contributed by atoms with Gasteiger partial charge in [-0.15, -0.1) is 10.2 Å². The van der Waals surface area contributed by atoms with Gasteiger partial charge < -0.3 is 5.32 Å². The zero-order valence-corrected chi connectivity index (χ0v) is 18.0. The summed E-state index contributed by atoms with van der Waals surface area (Å²) in [5.74, 6) is 0.385. The van der Waals surface area contributed by atoms with Crippen molar-refractivity contribution in [2.75, 3.05) is 5.75 Å². The summed E-state index contributed by atoms with van der Waals surface area (Å²) in [7, 11) is 0. The highest BCUT2D eigenvalue weighted by atomic mass is 32.2. The third-order valence-corrected chi connectivity index (χ3v) is 6.23. The zero-order valence-electron chi connectivity index (χ0n) is 17.1. The number of halogens is 1. The Morgan fingerprint density at radius 1 is 1.20 bits per heavy atom. The van der Waals surface area contributed by atoms with Gasteiger partial charge in [-0.2, -0.15) is 0 Å². The van der Waals surface area contributed by atoms with Gasteiger partial charge in [-0.3, -0.25) is 9.36 Å². The summed E-state index contributed by atoms with van der Waals surface area (Å²) < 4.78 is 16.2. The van der Waals surface area contributed by atoms with Gasteiger partial charge in [-0.1, -0.05) is 55.1 Å². The molecule has 2 aromatic carbocycles. The van der Waals surface area contributed by atoms with E-state index in [0.29, 0.717) is 16.5 Å². The molecule has 1 fully saturated rings. The molecule has 0 unspecified atom stereocenters. The number of aromatic nitrogens is 3. The van der Waals surface area contributed by atoms with E-state index >= 15 is 0 Å². The Bertz CT molecular complexity index is 1030. The predicted molar refractivity (Wildman–Crippen MR) is 117 cm³/mol. The second-order valence-corrected chi connectivity index (χ2v) is 8.50. The number of amides is 1. The second-order valence-electron chi connectivity index (χ2n) is 7.56. The number of hydrogen-bond donors (Lipinski definition) is 1. The number of thioether (sulfide) groups is 1. The molecule has 7 heteroatoms. The number of carbonyl (C=O) groups is 1. The van der Waals surface area contributed by atoms with Gasteiger partial charge in [0.1, 0.15) is 5.82 Å². The second kappa shape index (κ2) is 9.00. The summed E-state index contributed by atoms with van der Waals surface area (Å²) in [5.41, 5.74) is 2.80. The van der Waals surface area contributed by atoms with Crippen LogP contribution in [0.4, 0.5) is 4.39 Å². The van der Waals surface area contributed by atoms with Crippen LogP contribution in [-0.2, 0) is 11.2 Å². The number of hydrogen-bond acceptors (Lipinski definition) is 4. The first kappa shape index (κ1) is 20.6. The van der Waals surface area contributed by atoms with E-state index < -0.39 is 0 Å². The number of nitrogens with zero attached hydrogens (tertiary/aromatic N) is 3. The largest absolute Gasteiger partial charge is 0.349 e. The first-order chi connectivity index (χ1) is 14.6. The Morgan fingerprint density at radius 3 is 2.60 bits per heavy atom. The quantitative estimate of drug-likeness (QED) is 0.520. The lowest BCUT2D eigenvalue weighted by molar-refractivity contribution is -0.119. The maximum Gasteiger partial charge on any atom is 0.230 e. The fraction of sp³-hybridized carbons (Fsp3) is 0.348. The number of aryl methyl sites for hydroxylation is 1. The molecule has 1 saturated carbocycles. The van der Waals surface area contributed by atoms with Gasteiger partial charge >= 0.3 is 0 Å². The van der Waals surface area contributed by atoms with E-state index in [4.69, 9.17) is 0 Å². The molecule has 0 spiro atoms. The predicted octanol–water partition coefficient (Wildman–Crippen LogP) is 4.95. The molecule has 1 heterocycles. The van der Waals surface area contributed by atoms with Gasteiger partial charge in [0.05, 0.1) is 17.4 Å². The maximum atomic E-state index is 14.3. The molecule has 0 aliphatic heterocycles. The van der Waals surface area contributed by atoms with E-state index in [-0.39, 0.29) is 29.6 Å². The Kier molecular flexibility index (Phi) is 6.18. The summed E-state index contributed by atoms with van der Waals surface area (Å²) in [5, 5.41) is 12.2. The van der Waals surface area contributed by atoms with Crippen LogP contribution in [0.25, 0.3) is 11.4 Å². The molecule has 1 aromatic heterocycles. The molecule has 0 radical (unpaired) electrons. The van der Waals surface area contributed by atoms with Crippen LogP contribution in [-0.4, -0.2) is 26.4 Å². The van der Waals surface area contributed by atoms with Crippen molar-refractivity contribution in [2.24, 2.45) is 0 Å². The molecule has 156 valence electrons. The third kappa shape index (κ3) is 4.56. The summed E-state index contributed by atoms with van der Waals surface area (Å²) in [6, 6.07) is 15.1. The van der Waals surface area contributed by atoms with Crippen molar-refractivity contribution < 1.29 is 9.18 Å². The minimum atomic E-state index is -0.316. The van der Waals surface area contributed by atoms with Crippen molar-refractivity contribution in [1.82, 2.24) is 20.1 Å². The lowest BCUT2D eigenvalue weighted by Crippen LogP contribution is -2.28. The SMILES string of the molecule is CCc1ccc([C@H](C)NC(=O)CSc2nnc(-c3ccccc3F)n2C2CC2)cc1. The van der Waals surface area contributed by atoms with Crippen molar-refractivity contribution in [3.8, 4) is 11.4 Å². The molecule has 1 amide bonds. The van der Waals surface area contributed by atoms with Crippen molar-refractivity contribution in [2.45, 2.75) is 50.4 Å². The van der Waals surface area contributed by atoms with Crippen LogP contribution < -0.4 is 5.32 Å². The van der Waals surface area contributed by atoms with Crippen LogP contribution in [0.15, 0.2) is 53.7 Å². The molecule has 0 bridgehead atoms. The fourth-order valence-electron chi connectivity index (χ4n) is 3.40. The molecule has 5 nitrogen and oxygen atoms in total. The van der Waals surface area contributed by atoms with E-state index in [2.05, 4.69) is 46.7 Å². The lowest BCUT2D eigenvalue weighted by atomic mass is 10.1. The van der Waals surface area contributed by atoms with Crippen LogP contribution >= 0.6 is 11.8 Å². The van der Waals surface area contributed by atoms with E-state index in [1.165, 1.54) is 23.4 Å². The Balaban J connectivity index is 1.42. The number of benzene rings is 2. The minimum Gasteiger partial charge on any atom is -0.349 e. The van der Waals surface area contributed by atoms with Crippen molar-refractivity contribution in [3.63, 3.8) is 0 Å². The van der Waals surface area contributed by atoms with Gasteiger partial charge in [0.25, 0.3) is 0 Å². The van der Waals surface area contributed by atoms with Gasteiger partial charge in [-0.05, 0) is 49.4 Å². The Hall–Kier alpha value is -2.67. The monoisotopic (exact) mass is 424 g/mol. The highest BCUT2D eigenvalue weighted by Gasteiger charge is 2.31. The van der Waals surface area contributed by atoms with Crippen LogP contribution in [0.1, 0.15) is 49.9 Å². The van der Waals surface area contributed by atoms with Crippen molar-refractivity contribution >= 4 is 17.7 Å². The van der Waals surface area contributed by atoms with Crippen LogP contribution in [0.5, 0.6) is 0 Å². The van der Waals surface area contributed by atoms with Crippen LogP contribution in [0, 0.1) is 5.82 Å². The zero-order chi connectivity index (χ0) is 21.1. The number of rotatable bonds is 8. The van der Waals surface area contributed by atoms with Crippen LogP contribution in [0.3, 0.4) is 0 Å². The van der Waals surface area contributed by atoms with Gasteiger partial charge in [0, 0.05) is 6.04 Å². The molecular weight excluding hydrogens is 399 g/mol. The lowest BCUT2D eigenvalue weighted by Gasteiger charge is -2.15. The van der Waals surface area contributed by atoms with E-state index in [1.807, 2.05) is 11.5 Å². The van der Waals surface area contributed by atoms with Gasteiger partial charge in [0.15, 0.2) is 11.0 Å². The van der Waals surface area contributed by atoms with Gasteiger partial charge in [0.2, 0.25) is 5.91 Å². The summed E-state index contributed by atoms with van der Waals surface area (Å²) in [4.78, 5) is 12.5. The summed E-state index contributed by atoms with van der Waals surface area (Å²) >= 11 is 1.34. The average molecular weight is 425 g/mol. The highest BCUT2D eigenvalue weighted by molar-refractivity contribution is 7.99. The minimum absolute atomic E-state index is 0.0649. The molecule has 1 aliphatic rings. The van der Waals surface area contributed by atoms with Crippen molar-refractivity contribution in [3.05, 3.63) is 65.5 Å².